The summed E-state index contributed by atoms with van der Waals surface area (Å²) in [7, 11) is 0. The molecule has 0 radical (unpaired) electrons. The van der Waals surface area contributed by atoms with Crippen LogP contribution >= 0.6 is 0 Å². The number of hydrogen-bond acceptors (Lipinski definition) is 1. The molecule has 1 aromatic carbocycles. The van der Waals surface area contributed by atoms with Crippen LogP contribution in [0.1, 0.15) is 71.2 Å². The fourth-order valence-corrected chi connectivity index (χ4v) is 5.16. The van der Waals surface area contributed by atoms with Crippen LogP contribution in [0.2, 0.25) is 0 Å². The highest BCUT2D eigenvalue weighted by molar-refractivity contribution is 6.02. The van der Waals surface area contributed by atoms with Crippen LogP contribution in [0.3, 0.4) is 0 Å². The standard InChI is InChI=1S/C25H27F2N.C2H6/c1-6-13-25(27,7-2)18-10-11-19(26)22-21(18)23-20-16(12-14-28-23)15(3)8-9-17(20)24(22,4)5;1-2/h6,8-9,11-14,18H,7,10H2,1-5H3;1-2H3. The van der Waals surface area contributed by atoms with Crippen LogP contribution < -0.4 is 0 Å². The van der Waals surface area contributed by atoms with Crippen molar-refractivity contribution in [2.75, 3.05) is 0 Å². The molecule has 0 spiro atoms. The van der Waals surface area contributed by atoms with Gasteiger partial charge in [-0.3, -0.25) is 4.98 Å². The number of hydrogen-bond donors (Lipinski definition) is 0. The van der Waals surface area contributed by atoms with Gasteiger partial charge in [-0.2, -0.15) is 0 Å². The van der Waals surface area contributed by atoms with E-state index < -0.39 is 17.0 Å². The Kier molecular flexibility index (Phi) is 6.04. The van der Waals surface area contributed by atoms with Crippen molar-refractivity contribution in [2.45, 2.75) is 72.4 Å². The van der Waals surface area contributed by atoms with E-state index in [0.29, 0.717) is 18.4 Å². The van der Waals surface area contributed by atoms with E-state index in [1.807, 2.05) is 47.6 Å². The highest BCUT2D eigenvalue weighted by Crippen LogP contribution is 2.56. The summed E-state index contributed by atoms with van der Waals surface area (Å²) in [5, 5.41) is 2.16. The molecule has 2 aromatic rings. The molecule has 0 N–H and O–H groups in total. The zero-order valence-electron chi connectivity index (χ0n) is 19.2. The summed E-state index contributed by atoms with van der Waals surface area (Å²) in [6, 6.07) is 6.18. The Morgan fingerprint density at radius 3 is 2.57 bits per heavy atom. The third-order valence-corrected chi connectivity index (χ3v) is 6.65. The van der Waals surface area contributed by atoms with E-state index in [9.17, 15) is 0 Å². The number of aromatic nitrogens is 1. The minimum absolute atomic E-state index is 0.236. The maximum absolute atomic E-state index is 16.1. The van der Waals surface area contributed by atoms with Gasteiger partial charge in [0.2, 0.25) is 0 Å². The van der Waals surface area contributed by atoms with Crippen molar-refractivity contribution in [2.24, 2.45) is 5.92 Å². The van der Waals surface area contributed by atoms with Crippen LogP contribution in [-0.4, -0.2) is 10.7 Å². The molecule has 2 aliphatic rings. The van der Waals surface area contributed by atoms with Crippen LogP contribution in [0.15, 0.2) is 54.0 Å². The first-order valence-electron chi connectivity index (χ1n) is 11.1. The number of nitrogens with zero attached hydrogens (tertiary/aromatic N) is 1. The van der Waals surface area contributed by atoms with Gasteiger partial charge >= 0.3 is 0 Å². The second-order valence-corrected chi connectivity index (χ2v) is 8.55. The predicted molar refractivity (Wildman–Crippen MR) is 124 cm³/mol. The van der Waals surface area contributed by atoms with Gasteiger partial charge in [0.15, 0.2) is 0 Å². The Morgan fingerprint density at radius 1 is 1.23 bits per heavy atom. The van der Waals surface area contributed by atoms with E-state index >= 15 is 8.78 Å². The molecule has 3 heteroatoms. The Morgan fingerprint density at radius 2 is 1.93 bits per heavy atom. The highest BCUT2D eigenvalue weighted by Gasteiger charge is 2.47. The summed E-state index contributed by atoms with van der Waals surface area (Å²) in [5.74, 6) is -0.686. The number of alkyl halides is 1. The van der Waals surface area contributed by atoms with Gasteiger partial charge in [0, 0.05) is 28.5 Å². The number of pyridine rings is 1. The molecule has 30 heavy (non-hydrogen) atoms. The van der Waals surface area contributed by atoms with Gasteiger partial charge in [0.05, 0.1) is 5.69 Å². The molecule has 4 rings (SSSR count). The topological polar surface area (TPSA) is 12.9 Å². The molecule has 2 aliphatic carbocycles. The lowest BCUT2D eigenvalue weighted by molar-refractivity contribution is 0.163. The van der Waals surface area contributed by atoms with Crippen molar-refractivity contribution in [1.82, 2.24) is 4.98 Å². The Labute approximate surface area is 179 Å². The van der Waals surface area contributed by atoms with Gasteiger partial charge in [0.25, 0.3) is 0 Å². The number of allylic oxidation sites excluding steroid dienone is 6. The number of halogens is 2. The summed E-state index contributed by atoms with van der Waals surface area (Å²) in [5.41, 5.74) is 2.22. The Bertz CT molecular complexity index is 1060. The van der Waals surface area contributed by atoms with Gasteiger partial charge in [-0.1, -0.05) is 58.9 Å². The van der Waals surface area contributed by atoms with E-state index in [1.165, 1.54) is 0 Å². The summed E-state index contributed by atoms with van der Waals surface area (Å²) < 4.78 is 31.4. The molecule has 0 fully saturated rings. The zero-order valence-corrected chi connectivity index (χ0v) is 19.2. The number of benzene rings is 1. The summed E-state index contributed by atoms with van der Waals surface area (Å²) in [6.07, 6.45) is 7.42. The van der Waals surface area contributed by atoms with Crippen LogP contribution in [0, 0.1) is 12.8 Å². The normalized spacial score (nSPS) is 21.6. The van der Waals surface area contributed by atoms with Crippen molar-refractivity contribution in [1.29, 1.82) is 0 Å². The number of fused-ring (bicyclic) bond motifs is 1. The smallest absolute Gasteiger partial charge is 0.136 e. The Hall–Kier alpha value is -2.29. The second-order valence-electron chi connectivity index (χ2n) is 8.55. The third-order valence-electron chi connectivity index (χ3n) is 6.65. The third kappa shape index (κ3) is 3.14. The monoisotopic (exact) mass is 409 g/mol. The largest absolute Gasteiger partial charge is 0.256 e. The van der Waals surface area contributed by atoms with Crippen LogP contribution in [0.25, 0.3) is 16.3 Å². The van der Waals surface area contributed by atoms with E-state index in [-0.39, 0.29) is 5.83 Å². The molecule has 2 atom stereocenters. The van der Waals surface area contributed by atoms with Gasteiger partial charge in [-0.05, 0) is 60.9 Å². The predicted octanol–water partition coefficient (Wildman–Crippen LogP) is 8.18. The van der Waals surface area contributed by atoms with E-state index in [2.05, 4.69) is 24.0 Å². The van der Waals surface area contributed by atoms with Gasteiger partial charge in [-0.15, -0.1) is 0 Å². The van der Waals surface area contributed by atoms with Crippen molar-refractivity contribution >= 4 is 16.3 Å². The first-order valence-corrected chi connectivity index (χ1v) is 11.1. The molecular weight excluding hydrogens is 376 g/mol. The lowest BCUT2D eigenvalue weighted by Crippen LogP contribution is -2.37. The molecular formula is C27H33F2N. The van der Waals surface area contributed by atoms with E-state index in [0.717, 1.165) is 33.2 Å². The van der Waals surface area contributed by atoms with E-state index in [1.54, 1.807) is 24.4 Å². The van der Waals surface area contributed by atoms with Gasteiger partial charge in [0.1, 0.15) is 11.5 Å². The molecule has 0 saturated heterocycles. The number of rotatable bonds is 3. The summed E-state index contributed by atoms with van der Waals surface area (Å²) in [6.45, 7) is 13.8. The molecule has 0 aliphatic heterocycles. The first-order chi connectivity index (χ1) is 14.3. The Balaban J connectivity index is 0.00000124. The van der Waals surface area contributed by atoms with Crippen molar-refractivity contribution < 1.29 is 8.78 Å². The molecule has 1 nitrogen and oxygen atoms in total. The second kappa shape index (κ2) is 8.09. The minimum atomic E-state index is -1.53. The van der Waals surface area contributed by atoms with Crippen molar-refractivity contribution in [3.8, 4) is 0 Å². The molecule has 0 amide bonds. The summed E-state index contributed by atoms with van der Waals surface area (Å²) >= 11 is 0. The average Bonchev–Trinajstić information content (AvgIpc) is 2.74. The molecule has 2 unspecified atom stereocenters. The maximum atomic E-state index is 16.1. The molecule has 160 valence electrons. The lowest BCUT2D eigenvalue weighted by Gasteiger charge is -2.43. The zero-order chi connectivity index (χ0) is 22.3. The van der Waals surface area contributed by atoms with Crippen LogP contribution in [-0.2, 0) is 5.41 Å². The SMILES string of the molecule is CC.CC=CC(F)(CC)C1CC=C(F)C2=C1c1nccc3c(C)ccc(c13)C2(C)C. The highest BCUT2D eigenvalue weighted by atomic mass is 19.1. The average molecular weight is 410 g/mol. The maximum Gasteiger partial charge on any atom is 0.136 e. The molecule has 1 heterocycles. The van der Waals surface area contributed by atoms with E-state index in [4.69, 9.17) is 0 Å². The molecule has 0 saturated carbocycles. The van der Waals surface area contributed by atoms with Crippen LogP contribution in [0.5, 0.6) is 0 Å². The minimum Gasteiger partial charge on any atom is -0.256 e. The lowest BCUT2D eigenvalue weighted by atomic mass is 9.62. The van der Waals surface area contributed by atoms with Gasteiger partial charge in [-0.25, -0.2) is 8.78 Å². The number of aryl methyl sites for hydroxylation is 1. The van der Waals surface area contributed by atoms with Crippen molar-refractivity contribution in [3.63, 3.8) is 0 Å². The van der Waals surface area contributed by atoms with Gasteiger partial charge < -0.3 is 0 Å². The fraction of sp³-hybridized carbons (Fsp3) is 0.444. The molecule has 0 bridgehead atoms. The quantitative estimate of drug-likeness (QED) is 0.466. The van der Waals surface area contributed by atoms with Crippen LogP contribution in [0.4, 0.5) is 8.78 Å². The van der Waals surface area contributed by atoms with Crippen molar-refractivity contribution in [3.05, 3.63) is 70.8 Å². The molecule has 1 aromatic heterocycles. The fourth-order valence-electron chi connectivity index (χ4n) is 5.16. The summed E-state index contributed by atoms with van der Waals surface area (Å²) in [4.78, 5) is 4.68. The first kappa shape index (κ1) is 22.4.